The molecule has 5 N–H and O–H groups in total. The summed E-state index contributed by atoms with van der Waals surface area (Å²) in [7, 11) is -5.10. The van der Waals surface area contributed by atoms with Gasteiger partial charge in [0.15, 0.2) is 6.04 Å². The van der Waals surface area contributed by atoms with Crippen molar-refractivity contribution in [1.82, 2.24) is 16.0 Å². The molecular weight excluding hydrogens is 674 g/mol. The zero-order chi connectivity index (χ0) is 38.0. The molecule has 0 aliphatic carbocycles. The summed E-state index contributed by atoms with van der Waals surface area (Å²) in [6, 6.07) is -4.68. The zero-order valence-electron chi connectivity index (χ0n) is 30.8. The monoisotopic (exact) mass is 735 g/mol. The van der Waals surface area contributed by atoms with Gasteiger partial charge in [0, 0.05) is 12.8 Å². The van der Waals surface area contributed by atoms with Crippen molar-refractivity contribution >= 4 is 40.1 Å². The largest absolute Gasteiger partial charge is 0.463 e. The summed E-state index contributed by atoms with van der Waals surface area (Å²) in [5.41, 5.74) is 0. The number of carbonyl (C=O) groups excluding carboxylic acids is 5. The lowest BCUT2D eigenvalue weighted by Gasteiger charge is -2.32. The highest BCUT2D eigenvalue weighted by molar-refractivity contribution is 7.80. The van der Waals surface area contributed by atoms with Crippen LogP contribution in [0.1, 0.15) is 126 Å². The van der Waals surface area contributed by atoms with E-state index in [4.69, 9.17) is 9.47 Å². The fraction of sp³-hybridized carbons (Fsp3) is 0.853. The van der Waals surface area contributed by atoms with Gasteiger partial charge in [-0.25, -0.2) is 8.98 Å². The number of rotatable bonds is 18. The van der Waals surface area contributed by atoms with Crippen LogP contribution < -0.4 is 16.0 Å². The van der Waals surface area contributed by atoms with Crippen molar-refractivity contribution in [3.8, 4) is 0 Å². The SMILES string of the molecule is CCCCCCCCCCCCCC1OC(=O)[C@H](COC(C)=O)NC(=O)[C@@H]([C@H](C)OS(=O)(=O)O)NC(=O)[C@H](C(C)C)NC(=O)C(C)C(O)C1C. The first-order valence-corrected chi connectivity index (χ1v) is 19.3. The van der Waals surface area contributed by atoms with Gasteiger partial charge < -0.3 is 30.5 Å². The number of carbonyl (C=O) groups is 5. The maximum atomic E-state index is 13.6. The highest BCUT2D eigenvalue weighted by Gasteiger charge is 2.40. The topological polar surface area (TPSA) is 224 Å². The quantitative estimate of drug-likeness (QED) is 0.0778. The molecule has 50 heavy (non-hydrogen) atoms. The summed E-state index contributed by atoms with van der Waals surface area (Å²) in [5.74, 6) is -6.86. The molecule has 1 rings (SSSR count). The van der Waals surface area contributed by atoms with Crippen LogP contribution in [-0.2, 0) is 48.0 Å². The summed E-state index contributed by atoms with van der Waals surface area (Å²) in [5, 5.41) is 18.6. The summed E-state index contributed by atoms with van der Waals surface area (Å²) < 4.78 is 47.7. The lowest BCUT2D eigenvalue weighted by Crippen LogP contribution is -2.61. The van der Waals surface area contributed by atoms with Crippen LogP contribution in [0.15, 0.2) is 0 Å². The van der Waals surface area contributed by atoms with Gasteiger partial charge in [-0.2, -0.15) is 8.42 Å². The standard InChI is InChI=1S/C34H61N3O12S/c1-8-9-10-11-12-13-14-15-16-17-18-19-27-22(4)30(39)23(5)31(40)36-28(21(2)3)32(41)37-29(24(6)49-50(44,45)46)33(42)35-26(34(43)48-27)20-47-25(7)38/h21-24,26-30,39H,8-20H2,1-7H3,(H,35,42)(H,36,40)(H,37,41)(H,44,45,46)/t22?,23?,24-,26-,27?,28-,29+,30?/m0/s1. The predicted molar refractivity (Wildman–Crippen MR) is 185 cm³/mol. The van der Waals surface area contributed by atoms with Crippen LogP contribution in [0.3, 0.4) is 0 Å². The van der Waals surface area contributed by atoms with Crippen LogP contribution in [0, 0.1) is 17.8 Å². The molecule has 0 saturated carbocycles. The third kappa shape index (κ3) is 16.9. The van der Waals surface area contributed by atoms with Crippen molar-refractivity contribution in [2.45, 2.75) is 162 Å². The van der Waals surface area contributed by atoms with E-state index in [1.165, 1.54) is 45.4 Å². The Hall–Kier alpha value is -2.82. The molecule has 4 unspecified atom stereocenters. The molecule has 1 aliphatic rings. The lowest BCUT2D eigenvalue weighted by molar-refractivity contribution is -0.162. The number of ether oxygens (including phenoxy) is 2. The number of aliphatic hydroxyl groups is 1. The number of esters is 2. The van der Waals surface area contributed by atoms with Crippen LogP contribution in [-0.4, -0.2) is 90.8 Å². The third-order valence-electron chi connectivity index (χ3n) is 9.03. The van der Waals surface area contributed by atoms with E-state index < -0.39 is 101 Å². The second kappa shape index (κ2) is 22.9. The van der Waals surface area contributed by atoms with Crippen LogP contribution in [0.2, 0.25) is 0 Å². The van der Waals surface area contributed by atoms with Gasteiger partial charge in [-0.15, -0.1) is 0 Å². The fourth-order valence-electron chi connectivity index (χ4n) is 5.84. The Kier molecular flexibility index (Phi) is 20.7. The number of hydrogen-bond acceptors (Lipinski definition) is 11. The molecule has 0 aromatic carbocycles. The first-order chi connectivity index (χ1) is 23.4. The molecule has 0 radical (unpaired) electrons. The Morgan fingerprint density at radius 3 is 1.82 bits per heavy atom. The molecule has 0 spiro atoms. The van der Waals surface area contributed by atoms with Crippen LogP contribution in [0.5, 0.6) is 0 Å². The third-order valence-corrected chi connectivity index (χ3v) is 9.58. The molecule has 0 aromatic heterocycles. The van der Waals surface area contributed by atoms with Crippen molar-refractivity contribution in [2.75, 3.05) is 6.61 Å². The van der Waals surface area contributed by atoms with Crippen molar-refractivity contribution in [3.63, 3.8) is 0 Å². The van der Waals surface area contributed by atoms with Crippen molar-refractivity contribution in [2.24, 2.45) is 17.8 Å². The highest BCUT2D eigenvalue weighted by atomic mass is 32.3. The number of cyclic esters (lactones) is 1. The van der Waals surface area contributed by atoms with Gasteiger partial charge in [-0.05, 0) is 25.7 Å². The molecule has 290 valence electrons. The van der Waals surface area contributed by atoms with Gasteiger partial charge in [0.1, 0.15) is 30.9 Å². The van der Waals surface area contributed by atoms with E-state index in [-0.39, 0.29) is 0 Å². The van der Waals surface area contributed by atoms with Gasteiger partial charge in [-0.1, -0.05) is 98.8 Å². The van der Waals surface area contributed by atoms with E-state index in [1.807, 2.05) is 0 Å². The maximum Gasteiger partial charge on any atom is 0.397 e. The average Bonchev–Trinajstić information content (AvgIpc) is 3.03. The molecule has 8 atom stereocenters. The van der Waals surface area contributed by atoms with E-state index in [9.17, 15) is 42.0 Å². The molecule has 1 fully saturated rings. The van der Waals surface area contributed by atoms with Crippen LogP contribution in [0.4, 0.5) is 0 Å². The van der Waals surface area contributed by atoms with E-state index >= 15 is 0 Å². The van der Waals surface area contributed by atoms with Crippen molar-refractivity contribution in [3.05, 3.63) is 0 Å². The minimum atomic E-state index is -5.10. The van der Waals surface area contributed by atoms with Gasteiger partial charge in [0.05, 0.1) is 12.0 Å². The number of hydrogen-bond donors (Lipinski definition) is 5. The Morgan fingerprint density at radius 2 is 1.32 bits per heavy atom. The smallest absolute Gasteiger partial charge is 0.397 e. The lowest BCUT2D eigenvalue weighted by atomic mass is 9.86. The summed E-state index contributed by atoms with van der Waals surface area (Å²) in [4.78, 5) is 65.6. The summed E-state index contributed by atoms with van der Waals surface area (Å²) >= 11 is 0. The second-order valence-electron chi connectivity index (χ2n) is 13.7. The van der Waals surface area contributed by atoms with Crippen LogP contribution >= 0.6 is 0 Å². The summed E-state index contributed by atoms with van der Waals surface area (Å²) in [6.45, 7) is 10.1. The minimum absolute atomic E-state index is 0.333. The van der Waals surface area contributed by atoms with E-state index in [0.29, 0.717) is 12.8 Å². The first kappa shape index (κ1) is 45.2. The number of unbranched alkanes of at least 4 members (excludes halogenated alkanes) is 10. The molecule has 3 amide bonds. The molecule has 1 heterocycles. The number of aliphatic hydroxyl groups excluding tert-OH is 1. The molecule has 16 heteroatoms. The zero-order valence-corrected chi connectivity index (χ0v) is 31.6. The molecule has 0 aromatic rings. The molecular formula is C34H61N3O12S. The summed E-state index contributed by atoms with van der Waals surface area (Å²) in [6.07, 6.45) is 8.47. The molecule has 0 bridgehead atoms. The normalized spacial score (nSPS) is 26.6. The fourth-order valence-corrected chi connectivity index (χ4v) is 6.33. The maximum absolute atomic E-state index is 13.6. The number of amides is 3. The van der Waals surface area contributed by atoms with Crippen LogP contribution in [0.25, 0.3) is 0 Å². The highest BCUT2D eigenvalue weighted by Crippen LogP contribution is 2.25. The Morgan fingerprint density at radius 1 is 0.820 bits per heavy atom. The minimum Gasteiger partial charge on any atom is -0.463 e. The van der Waals surface area contributed by atoms with Gasteiger partial charge in [-0.3, -0.25) is 23.7 Å². The Labute approximate surface area is 297 Å². The number of nitrogens with one attached hydrogen (secondary N) is 3. The van der Waals surface area contributed by atoms with Gasteiger partial charge >= 0.3 is 22.3 Å². The van der Waals surface area contributed by atoms with E-state index in [2.05, 4.69) is 27.1 Å². The van der Waals surface area contributed by atoms with E-state index in [1.54, 1.807) is 20.8 Å². The van der Waals surface area contributed by atoms with Gasteiger partial charge in [0.2, 0.25) is 17.7 Å². The Balaban J connectivity index is 3.35. The molecule has 1 aliphatic heterocycles. The van der Waals surface area contributed by atoms with Crippen molar-refractivity contribution in [1.29, 1.82) is 0 Å². The molecule has 1 saturated heterocycles. The first-order valence-electron chi connectivity index (χ1n) is 18.0. The van der Waals surface area contributed by atoms with Crippen molar-refractivity contribution < 1.29 is 55.7 Å². The van der Waals surface area contributed by atoms with Gasteiger partial charge in [0.25, 0.3) is 0 Å². The second-order valence-corrected chi connectivity index (χ2v) is 14.8. The average molecular weight is 736 g/mol. The predicted octanol–water partition coefficient (Wildman–Crippen LogP) is 3.13. The van der Waals surface area contributed by atoms with E-state index in [0.717, 1.165) is 39.5 Å². The Bertz CT molecular complexity index is 1200. The molecule has 15 nitrogen and oxygen atoms in total.